The Kier molecular flexibility index (Phi) is 5.69. The zero-order valence-corrected chi connectivity index (χ0v) is 14.2. The molecule has 0 radical (unpaired) electrons. The van der Waals surface area contributed by atoms with Crippen LogP contribution < -0.4 is 0 Å². The summed E-state index contributed by atoms with van der Waals surface area (Å²) >= 11 is 0. The molecular weight excluding hydrogens is 287 g/mol. The monoisotopic (exact) mass is 310 g/mol. The maximum Gasteiger partial charge on any atom is 0.130 e. The van der Waals surface area contributed by atoms with Crippen LogP contribution in [0.1, 0.15) is 29.2 Å². The summed E-state index contributed by atoms with van der Waals surface area (Å²) in [6.45, 7) is 7.09. The standard InChI is InChI=1S/C20H23FN2/c1-5-23(4)14-22-20-13-15(2)18(12-16(20)3)11-10-17-8-6-7-9-19(17)21/h6-14H,5H2,1-4H3/b11-10+,22-14?. The molecule has 2 nitrogen and oxygen atoms in total. The predicted octanol–water partition coefficient (Wildman–Crippen LogP) is 5.22. The molecule has 0 saturated heterocycles. The summed E-state index contributed by atoms with van der Waals surface area (Å²) in [5, 5.41) is 0. The molecule has 2 aromatic carbocycles. The fraction of sp³-hybridized carbons (Fsp3) is 0.250. The van der Waals surface area contributed by atoms with Crippen molar-refractivity contribution in [3.05, 3.63) is 64.5 Å². The lowest BCUT2D eigenvalue weighted by Gasteiger charge is -2.10. The average molecular weight is 310 g/mol. The van der Waals surface area contributed by atoms with Gasteiger partial charge in [0, 0.05) is 19.2 Å². The molecule has 2 aromatic rings. The summed E-state index contributed by atoms with van der Waals surface area (Å²) in [4.78, 5) is 6.56. The van der Waals surface area contributed by atoms with Gasteiger partial charge >= 0.3 is 0 Å². The van der Waals surface area contributed by atoms with Gasteiger partial charge < -0.3 is 4.90 Å². The number of benzene rings is 2. The molecule has 0 aliphatic heterocycles. The minimum absolute atomic E-state index is 0.207. The fourth-order valence-corrected chi connectivity index (χ4v) is 2.17. The number of hydrogen-bond donors (Lipinski definition) is 0. The molecule has 0 heterocycles. The lowest BCUT2D eigenvalue weighted by Crippen LogP contribution is -2.14. The highest BCUT2D eigenvalue weighted by Gasteiger charge is 2.02. The average Bonchev–Trinajstić information content (AvgIpc) is 2.54. The van der Waals surface area contributed by atoms with E-state index in [9.17, 15) is 4.39 Å². The molecule has 0 spiro atoms. The van der Waals surface area contributed by atoms with Crippen molar-refractivity contribution in [2.75, 3.05) is 13.6 Å². The number of hydrogen-bond acceptors (Lipinski definition) is 1. The van der Waals surface area contributed by atoms with Gasteiger partial charge in [0.25, 0.3) is 0 Å². The first-order valence-electron chi connectivity index (χ1n) is 7.79. The van der Waals surface area contributed by atoms with Crippen molar-refractivity contribution in [3.8, 4) is 0 Å². The van der Waals surface area contributed by atoms with Gasteiger partial charge in [0.05, 0.1) is 12.0 Å². The number of aryl methyl sites for hydroxylation is 2. The van der Waals surface area contributed by atoms with Crippen LogP contribution in [-0.4, -0.2) is 24.8 Å². The van der Waals surface area contributed by atoms with E-state index < -0.39 is 0 Å². The van der Waals surface area contributed by atoms with Gasteiger partial charge in [-0.25, -0.2) is 9.38 Å². The van der Waals surface area contributed by atoms with Crippen molar-refractivity contribution in [1.82, 2.24) is 4.90 Å². The molecule has 0 bridgehead atoms. The van der Waals surface area contributed by atoms with E-state index >= 15 is 0 Å². The first kappa shape index (κ1) is 16.9. The Hall–Kier alpha value is -2.42. The van der Waals surface area contributed by atoms with Gasteiger partial charge in [0.1, 0.15) is 5.82 Å². The van der Waals surface area contributed by atoms with Crippen LogP contribution in [0, 0.1) is 19.7 Å². The largest absolute Gasteiger partial charge is 0.366 e. The van der Waals surface area contributed by atoms with Crippen LogP contribution in [-0.2, 0) is 0 Å². The van der Waals surface area contributed by atoms with E-state index in [1.54, 1.807) is 12.1 Å². The highest BCUT2D eigenvalue weighted by atomic mass is 19.1. The predicted molar refractivity (Wildman–Crippen MR) is 97.7 cm³/mol. The van der Waals surface area contributed by atoms with Crippen molar-refractivity contribution in [2.45, 2.75) is 20.8 Å². The van der Waals surface area contributed by atoms with Crippen LogP contribution in [0.5, 0.6) is 0 Å². The smallest absolute Gasteiger partial charge is 0.130 e. The van der Waals surface area contributed by atoms with Crippen molar-refractivity contribution in [3.63, 3.8) is 0 Å². The molecule has 0 N–H and O–H groups in total. The van der Waals surface area contributed by atoms with E-state index in [0.717, 1.165) is 28.9 Å². The third kappa shape index (κ3) is 4.52. The number of halogens is 1. The van der Waals surface area contributed by atoms with Gasteiger partial charge in [0.15, 0.2) is 0 Å². The van der Waals surface area contributed by atoms with E-state index in [4.69, 9.17) is 0 Å². The lowest BCUT2D eigenvalue weighted by molar-refractivity contribution is 0.552. The molecule has 0 aromatic heterocycles. The minimum Gasteiger partial charge on any atom is -0.366 e. The molecule has 23 heavy (non-hydrogen) atoms. The summed E-state index contributed by atoms with van der Waals surface area (Å²) in [5.41, 5.74) is 4.86. The zero-order chi connectivity index (χ0) is 16.8. The summed E-state index contributed by atoms with van der Waals surface area (Å²) in [5.74, 6) is -0.207. The van der Waals surface area contributed by atoms with E-state index in [2.05, 4.69) is 24.0 Å². The Balaban J connectivity index is 2.26. The van der Waals surface area contributed by atoms with Gasteiger partial charge in [-0.2, -0.15) is 0 Å². The summed E-state index contributed by atoms with van der Waals surface area (Å²) in [6, 6.07) is 10.9. The van der Waals surface area contributed by atoms with Crippen LogP contribution >= 0.6 is 0 Å². The summed E-state index contributed by atoms with van der Waals surface area (Å²) < 4.78 is 13.7. The Labute approximate surface area is 138 Å². The fourth-order valence-electron chi connectivity index (χ4n) is 2.17. The van der Waals surface area contributed by atoms with Gasteiger partial charge in [0.2, 0.25) is 0 Å². The third-order valence-electron chi connectivity index (χ3n) is 3.83. The zero-order valence-electron chi connectivity index (χ0n) is 14.2. The topological polar surface area (TPSA) is 15.6 Å². The van der Waals surface area contributed by atoms with Gasteiger partial charge in [-0.15, -0.1) is 0 Å². The van der Waals surface area contributed by atoms with Crippen molar-refractivity contribution in [2.24, 2.45) is 4.99 Å². The maximum absolute atomic E-state index is 13.7. The van der Waals surface area contributed by atoms with Crippen LogP contribution in [0.4, 0.5) is 10.1 Å². The first-order chi connectivity index (χ1) is 11.0. The van der Waals surface area contributed by atoms with E-state index in [0.29, 0.717) is 5.56 Å². The van der Waals surface area contributed by atoms with Crippen LogP contribution in [0.3, 0.4) is 0 Å². The molecule has 0 unspecified atom stereocenters. The quantitative estimate of drug-likeness (QED) is 0.420. The van der Waals surface area contributed by atoms with Crippen molar-refractivity contribution in [1.29, 1.82) is 0 Å². The van der Waals surface area contributed by atoms with Crippen LogP contribution in [0.25, 0.3) is 12.2 Å². The first-order valence-corrected chi connectivity index (χ1v) is 7.79. The second kappa shape index (κ2) is 7.73. The highest BCUT2D eigenvalue weighted by molar-refractivity contribution is 5.74. The second-order valence-corrected chi connectivity index (χ2v) is 5.67. The Morgan fingerprint density at radius 2 is 1.74 bits per heavy atom. The SMILES string of the molecule is CCN(C)C=Nc1cc(C)c(/C=C/c2ccccc2F)cc1C. The van der Waals surface area contributed by atoms with E-state index in [-0.39, 0.29) is 5.82 Å². The third-order valence-corrected chi connectivity index (χ3v) is 3.83. The Morgan fingerprint density at radius 3 is 2.43 bits per heavy atom. The Bertz CT molecular complexity index is 732. The van der Waals surface area contributed by atoms with Crippen LogP contribution in [0.15, 0.2) is 41.4 Å². The van der Waals surface area contributed by atoms with Crippen molar-refractivity contribution < 1.29 is 4.39 Å². The second-order valence-electron chi connectivity index (χ2n) is 5.67. The molecule has 0 amide bonds. The minimum atomic E-state index is -0.207. The molecule has 0 fully saturated rings. The van der Waals surface area contributed by atoms with Gasteiger partial charge in [-0.1, -0.05) is 30.4 Å². The molecule has 0 atom stereocenters. The highest BCUT2D eigenvalue weighted by Crippen LogP contribution is 2.24. The number of rotatable bonds is 5. The Morgan fingerprint density at radius 1 is 1.04 bits per heavy atom. The van der Waals surface area contributed by atoms with E-state index in [1.807, 2.05) is 50.4 Å². The molecular formula is C20H23FN2. The normalized spacial score (nSPS) is 11.5. The number of nitrogens with zero attached hydrogens (tertiary/aromatic N) is 2. The molecule has 0 aliphatic rings. The summed E-state index contributed by atoms with van der Waals surface area (Å²) in [6.07, 6.45) is 5.61. The number of aliphatic imine (C=N–C) groups is 1. The van der Waals surface area contributed by atoms with Gasteiger partial charge in [-0.05, 0) is 55.7 Å². The van der Waals surface area contributed by atoms with Crippen molar-refractivity contribution >= 4 is 24.2 Å². The van der Waals surface area contributed by atoms with Gasteiger partial charge in [-0.3, -0.25) is 0 Å². The summed E-state index contributed by atoms with van der Waals surface area (Å²) in [7, 11) is 2.00. The maximum atomic E-state index is 13.7. The molecule has 120 valence electrons. The molecule has 3 heteroatoms. The molecule has 0 saturated carbocycles. The molecule has 2 rings (SSSR count). The van der Waals surface area contributed by atoms with E-state index in [1.165, 1.54) is 6.07 Å². The van der Waals surface area contributed by atoms with Crippen LogP contribution in [0.2, 0.25) is 0 Å². The molecule has 0 aliphatic carbocycles. The lowest BCUT2D eigenvalue weighted by atomic mass is 10.0.